The molecule has 4 aromatic rings. The van der Waals surface area contributed by atoms with E-state index in [1.807, 2.05) is 12.1 Å². The third kappa shape index (κ3) is 5.36. The van der Waals surface area contributed by atoms with E-state index in [-0.39, 0.29) is 17.4 Å². The van der Waals surface area contributed by atoms with E-state index in [4.69, 9.17) is 11.6 Å². The lowest BCUT2D eigenvalue weighted by molar-refractivity contribution is -0.122. The molecular weight excluding hydrogens is 492 g/mol. The number of thiazole rings is 1. The zero-order valence-electron chi connectivity index (χ0n) is 18.3. The smallest absolute Gasteiger partial charge is 0.354 e. The Bertz CT molecular complexity index is 1310. The number of anilines is 2. The molecule has 1 atom stereocenters. The highest BCUT2D eigenvalue weighted by molar-refractivity contribution is 7.13. The highest BCUT2D eigenvalue weighted by Gasteiger charge is 2.33. The Morgan fingerprint density at radius 1 is 1.09 bits per heavy atom. The van der Waals surface area contributed by atoms with Crippen LogP contribution in [0.5, 0.6) is 0 Å². The number of rotatable bonds is 8. The van der Waals surface area contributed by atoms with E-state index in [9.17, 15) is 14.4 Å². The number of carbonyl (C=O) groups is 3. The first-order chi connectivity index (χ1) is 17.0. The van der Waals surface area contributed by atoms with E-state index in [0.717, 1.165) is 10.4 Å². The SMILES string of the molecule is COC(=O)c1ccc(NC(=O)[C@@H](c2cncnc2)N(C(=O)CCl)c2ccc(-c3cncs3)cc2)[nH]1. The monoisotopic (exact) mass is 510 g/mol. The van der Waals surface area contributed by atoms with Crippen molar-refractivity contribution in [1.29, 1.82) is 0 Å². The molecule has 10 nitrogen and oxygen atoms in total. The predicted octanol–water partition coefficient (Wildman–Crippen LogP) is 3.67. The lowest BCUT2D eigenvalue weighted by Crippen LogP contribution is -2.42. The molecule has 2 N–H and O–H groups in total. The van der Waals surface area contributed by atoms with Gasteiger partial charge in [0.1, 0.15) is 29.8 Å². The molecule has 12 heteroatoms. The Kier molecular flexibility index (Phi) is 7.48. The van der Waals surface area contributed by atoms with Crippen molar-refractivity contribution < 1.29 is 19.1 Å². The van der Waals surface area contributed by atoms with Gasteiger partial charge >= 0.3 is 5.97 Å². The fraction of sp³-hybridized carbons (Fsp3) is 0.130. The molecule has 0 aliphatic heterocycles. The molecule has 4 rings (SSSR count). The Hall–Kier alpha value is -4.09. The number of methoxy groups -OCH3 is 1. The fourth-order valence-corrected chi connectivity index (χ4v) is 4.17. The van der Waals surface area contributed by atoms with E-state index in [2.05, 4.69) is 30.0 Å². The van der Waals surface area contributed by atoms with Crippen LogP contribution in [0.15, 0.2) is 66.8 Å². The molecule has 3 heterocycles. The number of amides is 2. The molecule has 1 aromatic carbocycles. The largest absolute Gasteiger partial charge is 0.464 e. The number of ether oxygens (including phenoxy) is 1. The van der Waals surface area contributed by atoms with Crippen LogP contribution in [-0.4, -0.2) is 50.7 Å². The first kappa shape index (κ1) is 24.0. The number of halogens is 1. The van der Waals surface area contributed by atoms with Crippen molar-refractivity contribution >= 4 is 52.2 Å². The van der Waals surface area contributed by atoms with Crippen LogP contribution in [-0.2, 0) is 14.3 Å². The summed E-state index contributed by atoms with van der Waals surface area (Å²) in [6, 6.07) is 8.97. The number of aromatic amines is 1. The molecule has 0 bridgehead atoms. The van der Waals surface area contributed by atoms with Gasteiger partial charge in [0.15, 0.2) is 0 Å². The molecule has 178 valence electrons. The summed E-state index contributed by atoms with van der Waals surface area (Å²) < 4.78 is 4.68. The number of hydrogen-bond donors (Lipinski definition) is 2. The van der Waals surface area contributed by atoms with Crippen LogP contribution >= 0.6 is 22.9 Å². The van der Waals surface area contributed by atoms with Gasteiger partial charge < -0.3 is 15.0 Å². The second kappa shape index (κ2) is 10.9. The Morgan fingerprint density at radius 2 is 1.83 bits per heavy atom. The van der Waals surface area contributed by atoms with Gasteiger partial charge in [-0.05, 0) is 29.8 Å². The molecule has 3 aromatic heterocycles. The second-order valence-electron chi connectivity index (χ2n) is 7.15. The van der Waals surface area contributed by atoms with Gasteiger partial charge in [0.25, 0.3) is 5.91 Å². The number of esters is 1. The molecule has 0 fully saturated rings. The van der Waals surface area contributed by atoms with Gasteiger partial charge in [0.05, 0.1) is 17.5 Å². The molecule has 0 unspecified atom stereocenters. The van der Waals surface area contributed by atoms with Crippen LogP contribution in [0.3, 0.4) is 0 Å². The molecule has 35 heavy (non-hydrogen) atoms. The minimum absolute atomic E-state index is 0.162. The number of H-pyrrole nitrogens is 1. The summed E-state index contributed by atoms with van der Waals surface area (Å²) in [4.78, 5) is 55.4. The molecular formula is C23H19ClN6O4S. The number of benzene rings is 1. The molecule has 0 radical (unpaired) electrons. The summed E-state index contributed by atoms with van der Waals surface area (Å²) in [5.41, 5.74) is 3.63. The van der Waals surface area contributed by atoms with Gasteiger partial charge in [-0.1, -0.05) is 12.1 Å². The average Bonchev–Trinajstić information content (AvgIpc) is 3.60. The van der Waals surface area contributed by atoms with Crippen LogP contribution in [0.2, 0.25) is 0 Å². The van der Waals surface area contributed by atoms with Crippen molar-refractivity contribution in [3.05, 3.63) is 78.1 Å². The molecule has 0 spiro atoms. The first-order valence-corrected chi connectivity index (χ1v) is 11.6. The minimum atomic E-state index is -1.15. The van der Waals surface area contributed by atoms with Crippen LogP contribution in [0.25, 0.3) is 10.4 Å². The Morgan fingerprint density at radius 3 is 2.46 bits per heavy atom. The van der Waals surface area contributed by atoms with E-state index in [1.165, 1.54) is 54.2 Å². The van der Waals surface area contributed by atoms with Gasteiger partial charge in [0, 0.05) is 29.8 Å². The van der Waals surface area contributed by atoms with E-state index in [0.29, 0.717) is 11.3 Å². The second-order valence-corrected chi connectivity index (χ2v) is 8.30. The first-order valence-electron chi connectivity index (χ1n) is 10.2. The van der Waals surface area contributed by atoms with Crippen molar-refractivity contribution in [1.82, 2.24) is 19.9 Å². The maximum Gasteiger partial charge on any atom is 0.354 e. The summed E-state index contributed by atoms with van der Waals surface area (Å²) in [6.45, 7) is 0. The average molecular weight is 511 g/mol. The van der Waals surface area contributed by atoms with Gasteiger partial charge in [-0.15, -0.1) is 22.9 Å². The van der Waals surface area contributed by atoms with Crippen molar-refractivity contribution in [2.45, 2.75) is 6.04 Å². The predicted molar refractivity (Wildman–Crippen MR) is 131 cm³/mol. The van der Waals surface area contributed by atoms with Crippen molar-refractivity contribution in [3.8, 4) is 10.4 Å². The minimum Gasteiger partial charge on any atom is -0.464 e. The quantitative estimate of drug-likeness (QED) is 0.273. The number of nitrogens with one attached hydrogen (secondary N) is 2. The van der Waals surface area contributed by atoms with Crippen molar-refractivity contribution in [2.24, 2.45) is 0 Å². The molecule has 0 aliphatic rings. The Balaban J connectivity index is 1.71. The molecule has 0 saturated carbocycles. The summed E-state index contributed by atoms with van der Waals surface area (Å²) in [5.74, 6) is -1.76. The third-order valence-corrected chi connectivity index (χ3v) is 6.05. The highest BCUT2D eigenvalue weighted by Crippen LogP contribution is 2.31. The maximum absolute atomic E-state index is 13.5. The topological polar surface area (TPSA) is 130 Å². The van der Waals surface area contributed by atoms with Crippen LogP contribution in [0.4, 0.5) is 11.5 Å². The lowest BCUT2D eigenvalue weighted by Gasteiger charge is -2.30. The number of alkyl halides is 1. The molecule has 2 amide bonds. The van der Waals surface area contributed by atoms with Crippen molar-refractivity contribution in [2.75, 3.05) is 23.2 Å². The van der Waals surface area contributed by atoms with Gasteiger partial charge in [0.2, 0.25) is 5.91 Å². The van der Waals surface area contributed by atoms with E-state index >= 15 is 0 Å². The number of carbonyl (C=O) groups excluding carboxylic acids is 3. The standard InChI is InChI=1S/C23H19ClN6O4S/c1-34-23(33)17-6-7-19(28-17)29-22(32)21(15-9-25-12-26-10-15)30(20(31)8-24)16-4-2-14(3-5-16)18-11-27-13-35-18/h2-7,9-13,21,28H,8H2,1H3,(H,29,32)/t21-/m1/s1. The summed E-state index contributed by atoms with van der Waals surface area (Å²) in [5, 5.41) is 2.70. The van der Waals surface area contributed by atoms with Crippen LogP contribution in [0, 0.1) is 0 Å². The summed E-state index contributed by atoms with van der Waals surface area (Å²) >= 11 is 7.43. The number of nitrogens with zero attached hydrogens (tertiary/aromatic N) is 4. The van der Waals surface area contributed by atoms with Gasteiger partial charge in [-0.3, -0.25) is 19.5 Å². The van der Waals surface area contributed by atoms with Gasteiger partial charge in [-0.25, -0.2) is 14.8 Å². The Labute approximate surface area is 209 Å². The summed E-state index contributed by atoms with van der Waals surface area (Å²) in [6.07, 6.45) is 5.97. The molecule has 0 saturated heterocycles. The fourth-order valence-electron chi connectivity index (χ4n) is 3.41. The van der Waals surface area contributed by atoms with E-state index < -0.39 is 23.8 Å². The summed E-state index contributed by atoms with van der Waals surface area (Å²) in [7, 11) is 1.25. The molecule has 0 aliphatic carbocycles. The zero-order chi connectivity index (χ0) is 24.8. The maximum atomic E-state index is 13.5. The van der Waals surface area contributed by atoms with Crippen LogP contribution < -0.4 is 10.2 Å². The third-order valence-electron chi connectivity index (χ3n) is 5.00. The van der Waals surface area contributed by atoms with Crippen molar-refractivity contribution in [3.63, 3.8) is 0 Å². The normalized spacial score (nSPS) is 11.5. The highest BCUT2D eigenvalue weighted by atomic mass is 35.5. The number of hydrogen-bond acceptors (Lipinski definition) is 8. The van der Waals surface area contributed by atoms with Gasteiger partial charge in [-0.2, -0.15) is 0 Å². The van der Waals surface area contributed by atoms with Crippen LogP contribution in [0.1, 0.15) is 22.1 Å². The number of aromatic nitrogens is 4. The lowest BCUT2D eigenvalue weighted by atomic mass is 10.1. The van der Waals surface area contributed by atoms with E-state index in [1.54, 1.807) is 23.8 Å². The zero-order valence-corrected chi connectivity index (χ0v) is 19.9.